The molecule has 10 heteroatoms. The molecule has 4 rings (SSSR count). The molecule has 10 nitrogen and oxygen atoms in total. The molecule has 2 heterocycles. The molecule has 0 unspecified atom stereocenters. The summed E-state index contributed by atoms with van der Waals surface area (Å²) in [5, 5.41) is 19.6. The Labute approximate surface area is 161 Å². The van der Waals surface area contributed by atoms with Crippen LogP contribution in [0.5, 0.6) is 0 Å². The smallest absolute Gasteiger partial charge is 0.273 e. The van der Waals surface area contributed by atoms with Crippen LogP contribution in [0, 0.1) is 0 Å². The molecule has 1 amide bonds. The standard InChI is InChI=1S/C18H23N9O/c1-27-14-8-4-7-12(10(14)9-21-27)22-17-15(16(20)28)25-26-18(24-17)23-13-6-3-2-5-11(13)19/h4,7-9,11,13H,2-3,5-6,19H2,1H3,(H2,20,28)(H2,22,23,24,26)/t11-,13+/m0/s1. The first kappa shape index (κ1) is 18.1. The maximum Gasteiger partial charge on any atom is 0.273 e. The van der Waals surface area contributed by atoms with Gasteiger partial charge in [-0.3, -0.25) is 9.48 Å². The first-order chi connectivity index (χ1) is 13.5. The summed E-state index contributed by atoms with van der Waals surface area (Å²) >= 11 is 0. The third-order valence-electron chi connectivity index (χ3n) is 5.10. The number of carbonyl (C=O) groups excluding carboxylic acids is 1. The Morgan fingerprint density at radius 2 is 2.07 bits per heavy atom. The largest absolute Gasteiger partial charge is 0.364 e. The highest BCUT2D eigenvalue weighted by Gasteiger charge is 2.23. The number of hydrogen-bond donors (Lipinski definition) is 4. The second kappa shape index (κ2) is 7.39. The Hall–Kier alpha value is -3.27. The monoisotopic (exact) mass is 381 g/mol. The van der Waals surface area contributed by atoms with Gasteiger partial charge in [0.1, 0.15) is 0 Å². The number of nitrogens with zero attached hydrogens (tertiary/aromatic N) is 5. The molecule has 0 saturated heterocycles. The normalized spacial score (nSPS) is 19.5. The summed E-state index contributed by atoms with van der Waals surface area (Å²) in [6, 6.07) is 5.84. The fourth-order valence-corrected chi connectivity index (χ4v) is 3.56. The van der Waals surface area contributed by atoms with Gasteiger partial charge in [-0.2, -0.15) is 10.1 Å². The highest BCUT2D eigenvalue weighted by atomic mass is 16.1. The number of primary amides is 1. The number of benzene rings is 1. The van der Waals surface area contributed by atoms with E-state index in [9.17, 15) is 4.79 Å². The molecule has 28 heavy (non-hydrogen) atoms. The fourth-order valence-electron chi connectivity index (χ4n) is 3.56. The van der Waals surface area contributed by atoms with Crippen LogP contribution in [0.25, 0.3) is 10.9 Å². The van der Waals surface area contributed by atoms with Crippen LogP contribution in [-0.2, 0) is 7.05 Å². The topological polar surface area (TPSA) is 150 Å². The molecular formula is C18H23N9O. The first-order valence-electron chi connectivity index (χ1n) is 9.27. The van der Waals surface area contributed by atoms with Gasteiger partial charge in [-0.1, -0.05) is 18.9 Å². The molecular weight excluding hydrogens is 358 g/mol. The van der Waals surface area contributed by atoms with Gasteiger partial charge in [-0.25, -0.2) is 0 Å². The van der Waals surface area contributed by atoms with Crippen LogP contribution in [0.2, 0.25) is 0 Å². The van der Waals surface area contributed by atoms with Crippen LogP contribution < -0.4 is 22.1 Å². The van der Waals surface area contributed by atoms with Crippen LogP contribution in [-0.4, -0.2) is 43.0 Å². The summed E-state index contributed by atoms with van der Waals surface area (Å²) in [6.07, 6.45) is 5.88. The third-order valence-corrected chi connectivity index (χ3v) is 5.10. The van der Waals surface area contributed by atoms with Crippen molar-refractivity contribution in [2.24, 2.45) is 18.5 Å². The second-order valence-electron chi connectivity index (χ2n) is 7.03. The lowest BCUT2D eigenvalue weighted by atomic mass is 9.91. The summed E-state index contributed by atoms with van der Waals surface area (Å²) < 4.78 is 1.77. The Kier molecular flexibility index (Phi) is 4.78. The van der Waals surface area contributed by atoms with Crippen LogP contribution in [0.1, 0.15) is 36.2 Å². The van der Waals surface area contributed by atoms with Crippen molar-refractivity contribution in [1.29, 1.82) is 0 Å². The minimum Gasteiger partial charge on any atom is -0.364 e. The Morgan fingerprint density at radius 1 is 1.25 bits per heavy atom. The predicted octanol–water partition coefficient (Wildman–Crippen LogP) is 1.28. The SMILES string of the molecule is Cn1ncc2c(Nc3nc(N[C@@H]4CCCC[C@@H]4N)nnc3C(N)=O)cccc21. The van der Waals surface area contributed by atoms with Gasteiger partial charge in [0.2, 0.25) is 5.95 Å². The number of carbonyl (C=O) groups is 1. The average molecular weight is 381 g/mol. The molecule has 0 aliphatic heterocycles. The maximum absolute atomic E-state index is 11.8. The molecule has 1 aromatic carbocycles. The number of nitrogens with one attached hydrogen (secondary N) is 2. The summed E-state index contributed by atoms with van der Waals surface area (Å²) in [4.78, 5) is 16.3. The van der Waals surface area contributed by atoms with Crippen molar-refractivity contribution in [2.45, 2.75) is 37.8 Å². The van der Waals surface area contributed by atoms with Gasteiger partial charge >= 0.3 is 0 Å². The Balaban J connectivity index is 1.67. The number of aryl methyl sites for hydroxylation is 1. The Bertz CT molecular complexity index is 1020. The molecule has 1 aliphatic carbocycles. The quantitative estimate of drug-likeness (QED) is 0.516. The predicted molar refractivity (Wildman–Crippen MR) is 106 cm³/mol. The average Bonchev–Trinajstić information content (AvgIpc) is 3.06. The van der Waals surface area contributed by atoms with E-state index in [0.717, 1.165) is 42.3 Å². The van der Waals surface area contributed by atoms with E-state index < -0.39 is 5.91 Å². The van der Waals surface area contributed by atoms with E-state index in [1.165, 1.54) is 0 Å². The highest BCUT2D eigenvalue weighted by Crippen LogP contribution is 2.27. The molecule has 0 bridgehead atoms. The summed E-state index contributed by atoms with van der Waals surface area (Å²) in [7, 11) is 1.86. The molecule has 2 atom stereocenters. The minimum absolute atomic E-state index is 0.0283. The summed E-state index contributed by atoms with van der Waals surface area (Å²) in [5.41, 5.74) is 13.3. The number of anilines is 3. The number of fused-ring (bicyclic) bond motifs is 1. The molecule has 2 aromatic heterocycles. The zero-order valence-corrected chi connectivity index (χ0v) is 15.6. The van der Waals surface area contributed by atoms with Gasteiger partial charge < -0.3 is 22.1 Å². The molecule has 1 aliphatic rings. The highest BCUT2D eigenvalue weighted by molar-refractivity contribution is 5.98. The fraction of sp³-hybridized carbons (Fsp3) is 0.389. The lowest BCUT2D eigenvalue weighted by Gasteiger charge is -2.29. The first-order valence-corrected chi connectivity index (χ1v) is 9.27. The molecule has 1 fully saturated rings. The third kappa shape index (κ3) is 3.46. The van der Waals surface area contributed by atoms with E-state index in [4.69, 9.17) is 11.5 Å². The lowest BCUT2D eigenvalue weighted by Crippen LogP contribution is -2.43. The lowest BCUT2D eigenvalue weighted by molar-refractivity contribution is 0.0995. The molecule has 6 N–H and O–H groups in total. The van der Waals surface area contributed by atoms with Gasteiger partial charge in [0.05, 0.1) is 17.4 Å². The summed E-state index contributed by atoms with van der Waals surface area (Å²) in [6.45, 7) is 0. The zero-order chi connectivity index (χ0) is 19.7. The summed E-state index contributed by atoms with van der Waals surface area (Å²) in [5.74, 6) is -0.152. The van der Waals surface area contributed by atoms with Crippen LogP contribution in [0.4, 0.5) is 17.5 Å². The van der Waals surface area contributed by atoms with E-state index in [1.54, 1.807) is 10.9 Å². The van der Waals surface area contributed by atoms with Gasteiger partial charge in [0.25, 0.3) is 5.91 Å². The van der Waals surface area contributed by atoms with Gasteiger partial charge in [0, 0.05) is 24.5 Å². The van der Waals surface area contributed by atoms with Crippen molar-refractivity contribution in [2.75, 3.05) is 10.6 Å². The van der Waals surface area contributed by atoms with Gasteiger partial charge in [0.15, 0.2) is 11.5 Å². The van der Waals surface area contributed by atoms with E-state index in [2.05, 4.69) is 30.9 Å². The second-order valence-corrected chi connectivity index (χ2v) is 7.03. The number of hydrogen-bond acceptors (Lipinski definition) is 8. The number of amides is 1. The van der Waals surface area contributed by atoms with Crippen molar-refractivity contribution < 1.29 is 4.79 Å². The zero-order valence-electron chi connectivity index (χ0n) is 15.6. The van der Waals surface area contributed by atoms with Crippen molar-refractivity contribution in [1.82, 2.24) is 25.0 Å². The van der Waals surface area contributed by atoms with Crippen molar-refractivity contribution >= 4 is 34.3 Å². The molecule has 3 aromatic rings. The molecule has 0 radical (unpaired) electrons. The van der Waals surface area contributed by atoms with Crippen molar-refractivity contribution in [3.8, 4) is 0 Å². The van der Waals surface area contributed by atoms with E-state index in [-0.39, 0.29) is 23.6 Å². The van der Waals surface area contributed by atoms with Gasteiger partial charge in [-0.15, -0.1) is 10.2 Å². The van der Waals surface area contributed by atoms with Crippen molar-refractivity contribution in [3.63, 3.8) is 0 Å². The van der Waals surface area contributed by atoms with E-state index in [0.29, 0.717) is 5.95 Å². The number of nitrogens with two attached hydrogens (primary N) is 2. The van der Waals surface area contributed by atoms with Gasteiger partial charge in [-0.05, 0) is 25.0 Å². The maximum atomic E-state index is 11.8. The van der Waals surface area contributed by atoms with E-state index in [1.807, 2.05) is 25.2 Å². The van der Waals surface area contributed by atoms with E-state index >= 15 is 0 Å². The van der Waals surface area contributed by atoms with Crippen molar-refractivity contribution in [3.05, 3.63) is 30.1 Å². The molecule has 1 saturated carbocycles. The molecule has 146 valence electrons. The van der Waals surface area contributed by atoms with Crippen LogP contribution in [0.3, 0.4) is 0 Å². The van der Waals surface area contributed by atoms with Crippen LogP contribution in [0.15, 0.2) is 24.4 Å². The van der Waals surface area contributed by atoms with Crippen LogP contribution >= 0.6 is 0 Å². The molecule has 0 spiro atoms. The Morgan fingerprint density at radius 3 is 2.86 bits per heavy atom. The number of aromatic nitrogens is 5. The number of rotatable bonds is 5. The minimum atomic E-state index is -0.707.